The number of aromatic nitrogens is 3. The standard InChI is InChI=1S/C16H18N4O2/c21-15(20-9-3-6-13(20)16(22)7-8-16)12-5-2-1-4-11(12)14-17-10-18-19-14/h1-2,4-5,10,13,22H,3,6-9H2,(H,17,18,19). The normalized spacial score (nSPS) is 22.8. The number of hydrogen-bond donors (Lipinski definition) is 2. The molecule has 1 aliphatic heterocycles. The van der Waals surface area contributed by atoms with Crippen molar-refractivity contribution >= 4 is 5.91 Å². The summed E-state index contributed by atoms with van der Waals surface area (Å²) in [5.41, 5.74) is 0.696. The molecule has 1 amide bonds. The van der Waals surface area contributed by atoms with Crippen molar-refractivity contribution in [1.29, 1.82) is 0 Å². The number of likely N-dealkylation sites (tertiary alicyclic amines) is 1. The van der Waals surface area contributed by atoms with Crippen molar-refractivity contribution in [3.63, 3.8) is 0 Å². The Morgan fingerprint density at radius 3 is 2.91 bits per heavy atom. The SMILES string of the molecule is O=C(c1ccccc1-c1ncn[nH]1)N1CCCC1C1(O)CC1. The van der Waals surface area contributed by atoms with Gasteiger partial charge in [-0.25, -0.2) is 4.98 Å². The summed E-state index contributed by atoms with van der Waals surface area (Å²) in [6.07, 6.45) is 4.86. The van der Waals surface area contributed by atoms with Crippen molar-refractivity contribution in [1.82, 2.24) is 20.1 Å². The summed E-state index contributed by atoms with van der Waals surface area (Å²) in [6, 6.07) is 7.36. The van der Waals surface area contributed by atoms with E-state index in [4.69, 9.17) is 0 Å². The molecule has 1 aromatic carbocycles. The summed E-state index contributed by atoms with van der Waals surface area (Å²) >= 11 is 0. The molecule has 0 radical (unpaired) electrons. The van der Waals surface area contributed by atoms with Crippen LogP contribution in [0.5, 0.6) is 0 Å². The summed E-state index contributed by atoms with van der Waals surface area (Å²) in [5.74, 6) is 0.555. The second-order valence-corrected chi connectivity index (χ2v) is 6.14. The number of amides is 1. The quantitative estimate of drug-likeness (QED) is 0.901. The number of nitrogens with one attached hydrogen (secondary N) is 1. The minimum absolute atomic E-state index is 0.0326. The lowest BCUT2D eigenvalue weighted by Crippen LogP contribution is -2.44. The molecule has 6 heteroatoms. The molecule has 114 valence electrons. The van der Waals surface area contributed by atoms with Gasteiger partial charge in [-0.15, -0.1) is 0 Å². The monoisotopic (exact) mass is 298 g/mol. The van der Waals surface area contributed by atoms with Gasteiger partial charge < -0.3 is 10.0 Å². The van der Waals surface area contributed by atoms with Crippen molar-refractivity contribution in [2.75, 3.05) is 6.54 Å². The van der Waals surface area contributed by atoms with Crippen LogP contribution in [-0.2, 0) is 0 Å². The molecule has 0 bridgehead atoms. The average Bonchev–Trinajstić information content (AvgIpc) is 3.03. The third kappa shape index (κ3) is 2.11. The van der Waals surface area contributed by atoms with E-state index in [9.17, 15) is 9.90 Å². The number of carbonyl (C=O) groups excluding carboxylic acids is 1. The van der Waals surface area contributed by atoms with Crippen molar-refractivity contribution in [3.8, 4) is 11.4 Å². The second-order valence-electron chi connectivity index (χ2n) is 6.14. The maximum atomic E-state index is 13.0. The summed E-state index contributed by atoms with van der Waals surface area (Å²) in [5, 5.41) is 17.1. The third-order valence-corrected chi connectivity index (χ3v) is 4.72. The van der Waals surface area contributed by atoms with Gasteiger partial charge in [0, 0.05) is 12.1 Å². The fourth-order valence-corrected chi connectivity index (χ4v) is 3.40. The Kier molecular flexibility index (Phi) is 3.00. The highest BCUT2D eigenvalue weighted by Gasteiger charge is 2.52. The Bertz CT molecular complexity index is 694. The fourth-order valence-electron chi connectivity index (χ4n) is 3.40. The van der Waals surface area contributed by atoms with Gasteiger partial charge in [0.1, 0.15) is 6.33 Å². The summed E-state index contributed by atoms with van der Waals surface area (Å²) in [4.78, 5) is 19.0. The number of rotatable bonds is 3. The first-order valence-electron chi connectivity index (χ1n) is 7.67. The molecule has 2 aromatic rings. The molecule has 4 rings (SSSR count). The van der Waals surface area contributed by atoms with Crippen LogP contribution in [0.3, 0.4) is 0 Å². The number of carbonyl (C=O) groups is 1. The van der Waals surface area contributed by atoms with Crippen LogP contribution in [-0.4, -0.2) is 49.3 Å². The van der Waals surface area contributed by atoms with E-state index in [1.165, 1.54) is 6.33 Å². The van der Waals surface area contributed by atoms with Gasteiger partial charge in [-0.2, -0.15) is 5.10 Å². The molecule has 1 aromatic heterocycles. The maximum absolute atomic E-state index is 13.0. The van der Waals surface area contributed by atoms with Gasteiger partial charge >= 0.3 is 0 Å². The Hall–Kier alpha value is -2.21. The topological polar surface area (TPSA) is 82.1 Å². The van der Waals surface area contributed by atoms with Crippen molar-refractivity contribution in [2.24, 2.45) is 0 Å². The van der Waals surface area contributed by atoms with E-state index in [1.807, 2.05) is 29.2 Å². The van der Waals surface area contributed by atoms with Gasteiger partial charge in [0.05, 0.1) is 17.2 Å². The summed E-state index contributed by atoms with van der Waals surface area (Å²) < 4.78 is 0. The summed E-state index contributed by atoms with van der Waals surface area (Å²) in [6.45, 7) is 0.705. The fraction of sp³-hybridized carbons (Fsp3) is 0.438. The van der Waals surface area contributed by atoms with Crippen molar-refractivity contribution in [3.05, 3.63) is 36.2 Å². The van der Waals surface area contributed by atoms with E-state index in [1.54, 1.807) is 0 Å². The molecule has 1 atom stereocenters. The average molecular weight is 298 g/mol. The van der Waals surface area contributed by atoms with E-state index in [0.717, 1.165) is 31.2 Å². The smallest absolute Gasteiger partial charge is 0.254 e. The first kappa shape index (κ1) is 13.5. The molecule has 1 aliphatic carbocycles. The minimum atomic E-state index is -0.659. The van der Waals surface area contributed by atoms with E-state index in [-0.39, 0.29) is 11.9 Å². The Balaban J connectivity index is 1.69. The molecule has 22 heavy (non-hydrogen) atoms. The Morgan fingerprint density at radius 2 is 2.18 bits per heavy atom. The lowest BCUT2D eigenvalue weighted by atomic mass is 10.0. The van der Waals surface area contributed by atoms with Crippen LogP contribution >= 0.6 is 0 Å². The molecule has 0 spiro atoms. The van der Waals surface area contributed by atoms with E-state index in [0.29, 0.717) is 17.9 Å². The number of nitrogens with zero attached hydrogens (tertiary/aromatic N) is 3. The zero-order valence-electron chi connectivity index (χ0n) is 12.2. The number of aromatic amines is 1. The Morgan fingerprint density at radius 1 is 1.36 bits per heavy atom. The van der Waals surface area contributed by atoms with Gasteiger partial charge in [0.25, 0.3) is 5.91 Å². The lowest BCUT2D eigenvalue weighted by molar-refractivity contribution is 0.0387. The van der Waals surface area contributed by atoms with Gasteiger partial charge in [-0.1, -0.05) is 18.2 Å². The zero-order chi connectivity index (χ0) is 15.2. The highest BCUT2D eigenvalue weighted by Crippen LogP contribution is 2.45. The molecule has 2 aliphatic rings. The van der Waals surface area contributed by atoms with Crippen LogP contribution in [0.25, 0.3) is 11.4 Å². The molecule has 1 saturated carbocycles. The maximum Gasteiger partial charge on any atom is 0.254 e. The molecule has 6 nitrogen and oxygen atoms in total. The van der Waals surface area contributed by atoms with Crippen LogP contribution in [0.4, 0.5) is 0 Å². The predicted molar refractivity (Wildman–Crippen MR) is 80.1 cm³/mol. The molecule has 2 fully saturated rings. The van der Waals surface area contributed by atoms with Crippen LogP contribution in [0.1, 0.15) is 36.0 Å². The minimum Gasteiger partial charge on any atom is -0.388 e. The highest BCUT2D eigenvalue weighted by atomic mass is 16.3. The number of H-pyrrole nitrogens is 1. The van der Waals surface area contributed by atoms with Crippen molar-refractivity contribution in [2.45, 2.75) is 37.3 Å². The van der Waals surface area contributed by atoms with E-state index < -0.39 is 5.60 Å². The highest BCUT2D eigenvalue weighted by molar-refractivity contribution is 6.00. The molecular weight excluding hydrogens is 280 g/mol. The first-order chi connectivity index (χ1) is 10.7. The molecule has 2 heterocycles. The Labute approximate surface area is 128 Å². The van der Waals surface area contributed by atoms with Gasteiger partial charge in [-0.05, 0) is 31.7 Å². The van der Waals surface area contributed by atoms with Crippen LogP contribution < -0.4 is 0 Å². The van der Waals surface area contributed by atoms with E-state index in [2.05, 4.69) is 15.2 Å². The van der Waals surface area contributed by atoms with Crippen LogP contribution in [0.15, 0.2) is 30.6 Å². The van der Waals surface area contributed by atoms with Gasteiger partial charge in [0.2, 0.25) is 0 Å². The zero-order valence-corrected chi connectivity index (χ0v) is 12.2. The molecule has 1 unspecified atom stereocenters. The van der Waals surface area contributed by atoms with E-state index >= 15 is 0 Å². The predicted octanol–water partition coefficient (Wildman–Crippen LogP) is 1.60. The third-order valence-electron chi connectivity index (χ3n) is 4.72. The molecule has 2 N–H and O–H groups in total. The van der Waals surface area contributed by atoms with Crippen molar-refractivity contribution < 1.29 is 9.90 Å². The number of hydrogen-bond acceptors (Lipinski definition) is 4. The van der Waals surface area contributed by atoms with Gasteiger partial charge in [-0.3, -0.25) is 9.89 Å². The second kappa shape index (κ2) is 4.91. The van der Waals surface area contributed by atoms with Crippen LogP contribution in [0.2, 0.25) is 0 Å². The largest absolute Gasteiger partial charge is 0.388 e. The molecule has 1 saturated heterocycles. The van der Waals surface area contributed by atoms with Gasteiger partial charge in [0.15, 0.2) is 5.82 Å². The number of aliphatic hydroxyl groups is 1. The first-order valence-corrected chi connectivity index (χ1v) is 7.67. The molecular formula is C16H18N4O2. The van der Waals surface area contributed by atoms with Crippen LogP contribution in [0, 0.1) is 0 Å². The lowest BCUT2D eigenvalue weighted by Gasteiger charge is -2.29. The number of benzene rings is 1. The summed E-state index contributed by atoms with van der Waals surface area (Å²) in [7, 11) is 0.